The number of hydrogen-bond donors (Lipinski definition) is 0. The van der Waals surface area contributed by atoms with Gasteiger partial charge in [-0.05, 0) is 19.1 Å². The third-order valence-electron chi connectivity index (χ3n) is 2.83. The maximum Gasteiger partial charge on any atom is 0.199 e. The summed E-state index contributed by atoms with van der Waals surface area (Å²) in [5, 5.41) is 0. The molecule has 0 aromatic carbocycles. The number of fused-ring (bicyclic) bond motifs is 1. The summed E-state index contributed by atoms with van der Waals surface area (Å²) in [5.41, 5.74) is 2.91. The van der Waals surface area contributed by atoms with Gasteiger partial charge < -0.3 is 4.57 Å². The van der Waals surface area contributed by atoms with Crippen LogP contribution in [0.3, 0.4) is 0 Å². The minimum absolute atomic E-state index is 1.13. The average molecular weight is 177 g/mol. The minimum Gasteiger partial charge on any atom is -0.337 e. The van der Waals surface area contributed by atoms with Crippen molar-refractivity contribution in [3.63, 3.8) is 0 Å². The Morgan fingerprint density at radius 3 is 3.00 bits per heavy atom. The molecule has 0 amide bonds. The van der Waals surface area contributed by atoms with Crippen LogP contribution in [0.2, 0.25) is 0 Å². The Hall–Kier alpha value is -1.05. The molecule has 1 aliphatic rings. The first-order valence-corrected chi connectivity index (χ1v) is 5.13. The molecule has 70 valence electrons. The molecule has 1 aromatic rings. The number of nitrogens with zero attached hydrogens (tertiary/aromatic N) is 2. The first-order chi connectivity index (χ1) is 6.36. The molecular formula is C11H17N2+. The van der Waals surface area contributed by atoms with Gasteiger partial charge in [0.2, 0.25) is 0 Å². The Kier molecular flexibility index (Phi) is 2.21. The molecule has 1 aromatic heterocycles. The third kappa shape index (κ3) is 1.30. The molecule has 0 atom stereocenters. The molecule has 2 heteroatoms. The molecule has 2 rings (SSSR count). The van der Waals surface area contributed by atoms with E-state index in [1.54, 1.807) is 0 Å². The molecule has 0 radical (unpaired) electrons. The van der Waals surface area contributed by atoms with Crippen LogP contribution < -0.4 is 0 Å². The Morgan fingerprint density at radius 1 is 1.46 bits per heavy atom. The van der Waals surface area contributed by atoms with E-state index < -0.39 is 0 Å². The SMILES string of the molecule is CCC1=[N+](CC)CCn2cccc21. The summed E-state index contributed by atoms with van der Waals surface area (Å²) in [6.07, 6.45) is 3.32. The van der Waals surface area contributed by atoms with Gasteiger partial charge in [-0.25, -0.2) is 4.58 Å². The number of hydrogen-bond acceptors (Lipinski definition) is 0. The first kappa shape index (κ1) is 8.54. The molecule has 0 fully saturated rings. The van der Waals surface area contributed by atoms with Crippen molar-refractivity contribution in [2.24, 2.45) is 0 Å². The van der Waals surface area contributed by atoms with Crippen molar-refractivity contribution in [2.75, 3.05) is 13.1 Å². The van der Waals surface area contributed by atoms with E-state index in [0.717, 1.165) is 19.5 Å². The fraction of sp³-hybridized carbons (Fsp3) is 0.545. The summed E-state index contributed by atoms with van der Waals surface area (Å²) in [4.78, 5) is 0. The third-order valence-corrected chi connectivity index (χ3v) is 2.83. The van der Waals surface area contributed by atoms with E-state index in [9.17, 15) is 0 Å². The van der Waals surface area contributed by atoms with Crippen molar-refractivity contribution in [3.05, 3.63) is 24.0 Å². The van der Waals surface area contributed by atoms with Crippen LogP contribution in [0, 0.1) is 0 Å². The Labute approximate surface area is 79.5 Å². The van der Waals surface area contributed by atoms with Crippen molar-refractivity contribution in [1.82, 2.24) is 4.57 Å². The van der Waals surface area contributed by atoms with Gasteiger partial charge in [0.15, 0.2) is 12.3 Å². The topological polar surface area (TPSA) is 7.94 Å². The Balaban J connectivity index is 2.48. The van der Waals surface area contributed by atoms with Crippen molar-refractivity contribution in [2.45, 2.75) is 26.8 Å². The lowest BCUT2D eigenvalue weighted by Gasteiger charge is -2.16. The summed E-state index contributed by atoms with van der Waals surface area (Å²) in [7, 11) is 0. The smallest absolute Gasteiger partial charge is 0.199 e. The molecule has 0 saturated carbocycles. The fourth-order valence-corrected chi connectivity index (χ4v) is 2.15. The van der Waals surface area contributed by atoms with Gasteiger partial charge in [0.05, 0.1) is 6.54 Å². The minimum atomic E-state index is 1.13. The van der Waals surface area contributed by atoms with E-state index in [4.69, 9.17) is 0 Å². The first-order valence-electron chi connectivity index (χ1n) is 5.13. The Bertz CT molecular complexity index is 334. The molecule has 2 heterocycles. The average Bonchev–Trinajstić information content (AvgIpc) is 2.63. The lowest BCUT2D eigenvalue weighted by atomic mass is 10.1. The van der Waals surface area contributed by atoms with Crippen molar-refractivity contribution in [3.8, 4) is 0 Å². The molecule has 0 unspecified atom stereocenters. The van der Waals surface area contributed by atoms with Crippen molar-refractivity contribution < 1.29 is 4.58 Å². The molecule has 1 aliphatic heterocycles. The van der Waals surface area contributed by atoms with Crippen LogP contribution in [0.25, 0.3) is 0 Å². The van der Waals surface area contributed by atoms with Crippen LogP contribution in [-0.2, 0) is 6.54 Å². The summed E-state index contributed by atoms with van der Waals surface area (Å²) in [5.74, 6) is 0. The van der Waals surface area contributed by atoms with Crippen LogP contribution in [0.15, 0.2) is 18.3 Å². The van der Waals surface area contributed by atoms with Gasteiger partial charge in [-0.2, -0.15) is 0 Å². The van der Waals surface area contributed by atoms with E-state index >= 15 is 0 Å². The van der Waals surface area contributed by atoms with Crippen molar-refractivity contribution >= 4 is 5.71 Å². The zero-order valence-electron chi connectivity index (χ0n) is 8.45. The molecular weight excluding hydrogens is 160 g/mol. The van der Waals surface area contributed by atoms with Gasteiger partial charge >= 0.3 is 0 Å². The second-order valence-electron chi connectivity index (χ2n) is 3.47. The molecule has 0 aliphatic carbocycles. The van der Waals surface area contributed by atoms with E-state index in [1.165, 1.54) is 18.0 Å². The van der Waals surface area contributed by atoms with Crippen LogP contribution in [0.5, 0.6) is 0 Å². The number of aromatic nitrogens is 1. The maximum atomic E-state index is 2.48. The predicted octanol–water partition coefficient (Wildman–Crippen LogP) is 1.73. The highest BCUT2D eigenvalue weighted by molar-refractivity contribution is 5.95. The number of rotatable bonds is 2. The molecule has 0 saturated heterocycles. The largest absolute Gasteiger partial charge is 0.337 e. The van der Waals surface area contributed by atoms with Gasteiger partial charge in [-0.15, -0.1) is 0 Å². The van der Waals surface area contributed by atoms with Gasteiger partial charge in [-0.3, -0.25) is 0 Å². The maximum absolute atomic E-state index is 2.48. The van der Waals surface area contributed by atoms with Gasteiger partial charge in [0.1, 0.15) is 12.2 Å². The van der Waals surface area contributed by atoms with Crippen LogP contribution in [0.4, 0.5) is 0 Å². The predicted molar refractivity (Wildman–Crippen MR) is 54.5 cm³/mol. The van der Waals surface area contributed by atoms with E-state index in [0.29, 0.717) is 0 Å². The van der Waals surface area contributed by atoms with E-state index in [-0.39, 0.29) is 0 Å². The second-order valence-corrected chi connectivity index (χ2v) is 3.47. The monoisotopic (exact) mass is 177 g/mol. The van der Waals surface area contributed by atoms with Gasteiger partial charge in [-0.1, -0.05) is 6.92 Å². The van der Waals surface area contributed by atoms with Gasteiger partial charge in [0, 0.05) is 12.6 Å². The summed E-state index contributed by atoms with van der Waals surface area (Å²) < 4.78 is 4.83. The van der Waals surface area contributed by atoms with E-state index in [2.05, 4.69) is 41.3 Å². The second kappa shape index (κ2) is 3.36. The molecule has 13 heavy (non-hydrogen) atoms. The quantitative estimate of drug-likeness (QED) is 0.608. The van der Waals surface area contributed by atoms with Crippen LogP contribution in [-0.4, -0.2) is 27.9 Å². The zero-order chi connectivity index (χ0) is 9.26. The Morgan fingerprint density at radius 2 is 2.31 bits per heavy atom. The molecule has 0 bridgehead atoms. The summed E-state index contributed by atoms with van der Waals surface area (Å²) in [6, 6.07) is 4.37. The standard InChI is InChI=1S/C11H17N2/c1-3-10-11-6-5-7-13(11)9-8-12(10)4-2/h5-7H,3-4,8-9H2,1-2H3/q+1. The van der Waals surface area contributed by atoms with E-state index in [1.807, 2.05) is 0 Å². The van der Waals surface area contributed by atoms with Crippen molar-refractivity contribution in [1.29, 1.82) is 0 Å². The highest BCUT2D eigenvalue weighted by atomic mass is 15.1. The lowest BCUT2D eigenvalue weighted by Crippen LogP contribution is -2.32. The summed E-state index contributed by atoms with van der Waals surface area (Å²) in [6.45, 7) is 7.91. The highest BCUT2D eigenvalue weighted by Gasteiger charge is 2.21. The zero-order valence-corrected chi connectivity index (χ0v) is 8.45. The fourth-order valence-electron chi connectivity index (χ4n) is 2.15. The van der Waals surface area contributed by atoms with Crippen LogP contribution >= 0.6 is 0 Å². The molecule has 0 spiro atoms. The molecule has 0 N–H and O–H groups in total. The normalized spacial score (nSPS) is 16.2. The van der Waals surface area contributed by atoms with Gasteiger partial charge in [0.25, 0.3) is 0 Å². The lowest BCUT2D eigenvalue weighted by molar-refractivity contribution is -0.529. The molecule has 2 nitrogen and oxygen atoms in total. The van der Waals surface area contributed by atoms with Crippen LogP contribution in [0.1, 0.15) is 26.0 Å². The number of likely N-dealkylation sites (N-methyl/N-ethyl adjacent to an activating group) is 1. The highest BCUT2D eigenvalue weighted by Crippen LogP contribution is 2.11. The summed E-state index contributed by atoms with van der Waals surface area (Å²) >= 11 is 0.